The van der Waals surface area contributed by atoms with Gasteiger partial charge in [0.05, 0.1) is 23.8 Å². The smallest absolute Gasteiger partial charge is 0.348 e. The van der Waals surface area contributed by atoms with E-state index in [4.69, 9.17) is 9.47 Å². The summed E-state index contributed by atoms with van der Waals surface area (Å²) in [6, 6.07) is 6.00. The number of anilines is 1. The van der Waals surface area contributed by atoms with Crippen LogP contribution in [0.5, 0.6) is 0 Å². The molecule has 3 atom stereocenters. The van der Waals surface area contributed by atoms with E-state index in [0.29, 0.717) is 42.3 Å². The first kappa shape index (κ1) is 28.8. The summed E-state index contributed by atoms with van der Waals surface area (Å²) in [4.78, 5) is 3.68. The highest BCUT2D eigenvalue weighted by Crippen LogP contribution is 2.40. The zero-order valence-corrected chi connectivity index (χ0v) is 21.1. The Morgan fingerprint density at radius 2 is 1.64 bits per heavy atom. The van der Waals surface area contributed by atoms with Crippen LogP contribution in [-0.4, -0.2) is 53.8 Å². The number of aromatic nitrogens is 3. The van der Waals surface area contributed by atoms with Crippen LogP contribution in [0.3, 0.4) is 0 Å². The fraction of sp³-hybridized carbons (Fsp3) is 0.440. The number of hydrogen-bond donors (Lipinski definition) is 1. The molecule has 0 bridgehead atoms. The zero-order valence-electron chi connectivity index (χ0n) is 21.1. The number of hydrogen-bond acceptors (Lipinski definition) is 6. The van der Waals surface area contributed by atoms with E-state index in [-0.39, 0.29) is 18.2 Å². The lowest BCUT2D eigenvalue weighted by molar-refractivity contribution is -0.192. The number of nitrogens with zero attached hydrogens (tertiary/aromatic N) is 4. The molecular formula is C25H26F7N5O2. The van der Waals surface area contributed by atoms with Crippen LogP contribution < -0.4 is 4.90 Å². The lowest BCUT2D eigenvalue weighted by Crippen LogP contribution is -2.47. The van der Waals surface area contributed by atoms with Crippen LogP contribution in [0.15, 0.2) is 42.5 Å². The molecule has 1 saturated heterocycles. The van der Waals surface area contributed by atoms with Crippen molar-refractivity contribution < 1.29 is 40.2 Å². The number of nitrogens with one attached hydrogen (secondary N) is 1. The van der Waals surface area contributed by atoms with Crippen molar-refractivity contribution in [2.75, 3.05) is 32.1 Å². The van der Waals surface area contributed by atoms with Crippen LogP contribution in [0, 0.1) is 5.82 Å². The summed E-state index contributed by atoms with van der Waals surface area (Å²) in [5, 5.41) is 11.0. The van der Waals surface area contributed by atoms with Crippen molar-refractivity contribution in [1.29, 1.82) is 0 Å². The highest BCUT2D eigenvalue weighted by Gasteiger charge is 2.40. The van der Waals surface area contributed by atoms with Gasteiger partial charge in [0.1, 0.15) is 17.6 Å². The van der Waals surface area contributed by atoms with Crippen LogP contribution in [-0.2, 0) is 28.4 Å². The van der Waals surface area contributed by atoms with Crippen LogP contribution in [0.1, 0.15) is 47.0 Å². The lowest BCUT2D eigenvalue weighted by Gasteiger charge is -2.42. The Hall–Kier alpha value is -3.23. The maximum absolute atomic E-state index is 13.7. The summed E-state index contributed by atoms with van der Waals surface area (Å²) >= 11 is 0. The maximum atomic E-state index is 13.7. The zero-order chi connectivity index (χ0) is 28.5. The molecule has 1 fully saturated rings. The fourth-order valence-corrected chi connectivity index (χ4v) is 4.37. The van der Waals surface area contributed by atoms with Crippen LogP contribution in [0.2, 0.25) is 0 Å². The molecule has 1 N–H and O–H groups in total. The molecule has 0 unspecified atom stereocenters. The molecule has 4 rings (SSSR count). The van der Waals surface area contributed by atoms with Crippen LogP contribution in [0.25, 0.3) is 0 Å². The SMILES string of the molecule is C[C@@H](O[C@H]1OCCN(c2n[nH]nc2CN(C)C)[C@H]1c1ccc(F)cc1)c1cc(C(F)(F)F)cc(C(F)(F)F)c1. The standard InChI is InChI=1S/C25H26F7N5O2/c1-14(16-10-17(24(27,28)29)12-18(11-16)25(30,31)32)39-23-21(15-4-6-19(26)7-5-15)37(8-9-38-23)22-20(13-36(2)3)33-35-34-22/h4-7,10-12,14,21,23H,8-9,13H2,1-3H3,(H,33,34,35)/t14-,21+,23-/m1/s1. The Balaban J connectivity index is 1.71. The van der Waals surface area contributed by atoms with Gasteiger partial charge in [0, 0.05) is 13.1 Å². The van der Waals surface area contributed by atoms with Gasteiger partial charge in [-0.3, -0.25) is 0 Å². The molecule has 14 heteroatoms. The predicted octanol–water partition coefficient (Wildman–Crippen LogP) is 5.72. The Morgan fingerprint density at radius 3 is 2.21 bits per heavy atom. The van der Waals surface area contributed by atoms with E-state index in [0.717, 1.165) is 0 Å². The van der Waals surface area contributed by atoms with Crippen molar-refractivity contribution in [2.45, 2.75) is 44.3 Å². The third-order valence-electron chi connectivity index (χ3n) is 6.17. The van der Waals surface area contributed by atoms with Gasteiger partial charge < -0.3 is 19.3 Å². The normalized spacial score (nSPS) is 19.5. The Labute approximate surface area is 219 Å². The van der Waals surface area contributed by atoms with Gasteiger partial charge in [-0.1, -0.05) is 12.1 Å². The fourth-order valence-electron chi connectivity index (χ4n) is 4.37. The maximum Gasteiger partial charge on any atom is 0.416 e. The Bertz CT molecular complexity index is 1230. The van der Waals surface area contributed by atoms with Crippen molar-refractivity contribution in [1.82, 2.24) is 20.3 Å². The molecule has 7 nitrogen and oxygen atoms in total. The van der Waals surface area contributed by atoms with E-state index in [2.05, 4.69) is 15.4 Å². The van der Waals surface area contributed by atoms with Gasteiger partial charge in [0.2, 0.25) is 0 Å². The van der Waals surface area contributed by atoms with Crippen molar-refractivity contribution in [2.24, 2.45) is 0 Å². The molecule has 0 radical (unpaired) electrons. The average Bonchev–Trinajstić information content (AvgIpc) is 3.30. The molecule has 0 saturated carbocycles. The van der Waals surface area contributed by atoms with Gasteiger partial charge in [0.15, 0.2) is 12.1 Å². The summed E-state index contributed by atoms with van der Waals surface area (Å²) in [6.07, 6.45) is -12.4. The number of morpholine rings is 1. The van der Waals surface area contributed by atoms with Gasteiger partial charge in [-0.25, -0.2) is 4.39 Å². The largest absolute Gasteiger partial charge is 0.416 e. The number of ether oxygens (including phenoxy) is 2. The number of alkyl halides is 6. The highest BCUT2D eigenvalue weighted by atomic mass is 19.4. The van der Waals surface area contributed by atoms with Crippen LogP contribution in [0.4, 0.5) is 36.6 Å². The number of aromatic amines is 1. The average molecular weight is 562 g/mol. The molecule has 2 heterocycles. The van der Waals surface area contributed by atoms with Crippen molar-refractivity contribution in [3.63, 3.8) is 0 Å². The second-order valence-electron chi connectivity index (χ2n) is 9.38. The monoisotopic (exact) mass is 561 g/mol. The second kappa shape index (κ2) is 11.1. The molecule has 212 valence electrons. The van der Waals surface area contributed by atoms with E-state index >= 15 is 0 Å². The predicted molar refractivity (Wildman–Crippen MR) is 126 cm³/mol. The van der Waals surface area contributed by atoms with E-state index in [9.17, 15) is 30.7 Å². The summed E-state index contributed by atoms with van der Waals surface area (Å²) in [5.41, 5.74) is -2.09. The number of halogens is 7. The molecule has 2 aromatic carbocycles. The molecule has 0 amide bonds. The molecule has 0 aliphatic carbocycles. The van der Waals surface area contributed by atoms with Gasteiger partial charge in [-0.15, -0.1) is 5.10 Å². The Kier molecular flexibility index (Phi) is 8.19. The quantitative estimate of drug-likeness (QED) is 0.372. The van der Waals surface area contributed by atoms with Gasteiger partial charge in [-0.05, 0) is 62.5 Å². The minimum absolute atomic E-state index is 0.0627. The summed E-state index contributed by atoms with van der Waals surface area (Å²) in [7, 11) is 3.68. The molecule has 0 spiro atoms. The molecule has 1 aliphatic rings. The van der Waals surface area contributed by atoms with Gasteiger partial charge in [0.25, 0.3) is 0 Å². The first-order chi connectivity index (χ1) is 18.2. The molecule has 39 heavy (non-hydrogen) atoms. The minimum atomic E-state index is -5.00. The first-order valence-electron chi connectivity index (χ1n) is 11.9. The summed E-state index contributed by atoms with van der Waals surface area (Å²) < 4.78 is 106. The number of H-pyrrole nitrogens is 1. The molecular weight excluding hydrogens is 535 g/mol. The number of rotatable bonds is 7. The van der Waals surface area contributed by atoms with Crippen molar-refractivity contribution >= 4 is 5.82 Å². The number of benzene rings is 2. The van der Waals surface area contributed by atoms with E-state index < -0.39 is 47.7 Å². The highest BCUT2D eigenvalue weighted by molar-refractivity contribution is 5.47. The molecule has 1 aromatic heterocycles. The summed E-state index contributed by atoms with van der Waals surface area (Å²) in [5.74, 6) is -0.0350. The van der Waals surface area contributed by atoms with Crippen molar-refractivity contribution in [3.05, 3.63) is 76.2 Å². The van der Waals surface area contributed by atoms with Crippen LogP contribution >= 0.6 is 0 Å². The Morgan fingerprint density at radius 1 is 1.03 bits per heavy atom. The molecule has 3 aromatic rings. The first-order valence-corrected chi connectivity index (χ1v) is 11.9. The topological polar surface area (TPSA) is 66.5 Å². The van der Waals surface area contributed by atoms with Crippen molar-refractivity contribution in [3.8, 4) is 0 Å². The third-order valence-corrected chi connectivity index (χ3v) is 6.17. The lowest BCUT2D eigenvalue weighted by atomic mass is 10.0. The van der Waals surface area contributed by atoms with Gasteiger partial charge in [-0.2, -0.15) is 36.7 Å². The van der Waals surface area contributed by atoms with E-state index in [1.54, 1.807) is 0 Å². The minimum Gasteiger partial charge on any atom is -0.348 e. The third kappa shape index (κ3) is 6.68. The second-order valence-corrected chi connectivity index (χ2v) is 9.38. The van der Waals surface area contributed by atoms with Gasteiger partial charge >= 0.3 is 12.4 Å². The molecule has 1 aliphatic heterocycles. The van der Waals surface area contributed by atoms with E-state index in [1.807, 2.05) is 23.9 Å². The van der Waals surface area contributed by atoms with E-state index in [1.165, 1.54) is 31.2 Å². The summed E-state index contributed by atoms with van der Waals surface area (Å²) in [6.45, 7) is 2.18.